The predicted molar refractivity (Wildman–Crippen MR) is 89.6 cm³/mol. The fourth-order valence-corrected chi connectivity index (χ4v) is 2.99. The molecule has 2 aromatic carbocycles. The molecule has 0 saturated heterocycles. The molecule has 0 amide bonds. The molecule has 21 heavy (non-hydrogen) atoms. The zero-order valence-electron chi connectivity index (χ0n) is 11.7. The van der Waals surface area contributed by atoms with Gasteiger partial charge in [0.1, 0.15) is 0 Å². The van der Waals surface area contributed by atoms with Crippen molar-refractivity contribution in [3.05, 3.63) is 63.6 Å². The van der Waals surface area contributed by atoms with E-state index in [9.17, 15) is 0 Å². The first-order valence-corrected chi connectivity index (χ1v) is 7.90. The van der Waals surface area contributed by atoms with Crippen molar-refractivity contribution in [2.45, 2.75) is 32.0 Å². The lowest BCUT2D eigenvalue weighted by atomic mass is 10.1. The standard InChI is InChI=1S/C17H18Cl2N2/c18-14-6-5-12(16(19)9-14)10-21(15-7-8-15)11-13-3-1-2-4-17(13)20/h1-6,9,15H,7-8,10-11,20H2. The van der Waals surface area contributed by atoms with E-state index in [1.807, 2.05) is 30.3 Å². The van der Waals surface area contributed by atoms with Crippen LogP contribution in [0.5, 0.6) is 0 Å². The van der Waals surface area contributed by atoms with E-state index < -0.39 is 0 Å². The van der Waals surface area contributed by atoms with Crippen LogP contribution in [0.4, 0.5) is 5.69 Å². The third-order valence-electron chi connectivity index (χ3n) is 3.88. The molecule has 1 aliphatic rings. The second-order valence-corrected chi connectivity index (χ2v) is 6.41. The second-order valence-electron chi connectivity index (χ2n) is 5.57. The van der Waals surface area contributed by atoms with Crippen molar-refractivity contribution in [3.8, 4) is 0 Å². The van der Waals surface area contributed by atoms with Gasteiger partial charge in [-0.05, 0) is 42.2 Å². The highest BCUT2D eigenvalue weighted by atomic mass is 35.5. The molecule has 0 aliphatic heterocycles. The van der Waals surface area contributed by atoms with Crippen molar-refractivity contribution < 1.29 is 0 Å². The van der Waals surface area contributed by atoms with Gasteiger partial charge in [0, 0.05) is 34.9 Å². The number of rotatable bonds is 5. The fourth-order valence-electron chi connectivity index (χ4n) is 2.52. The van der Waals surface area contributed by atoms with Crippen LogP contribution in [0.25, 0.3) is 0 Å². The molecule has 0 atom stereocenters. The van der Waals surface area contributed by atoms with Gasteiger partial charge in [-0.3, -0.25) is 4.90 Å². The van der Waals surface area contributed by atoms with Crippen LogP contribution in [0, 0.1) is 0 Å². The number of nitrogen functional groups attached to an aromatic ring is 1. The van der Waals surface area contributed by atoms with Gasteiger partial charge in [0.2, 0.25) is 0 Å². The maximum atomic E-state index is 6.30. The van der Waals surface area contributed by atoms with Gasteiger partial charge in [-0.25, -0.2) is 0 Å². The van der Waals surface area contributed by atoms with Crippen LogP contribution < -0.4 is 5.73 Å². The molecule has 1 fully saturated rings. The minimum Gasteiger partial charge on any atom is -0.398 e. The number of para-hydroxylation sites is 1. The molecule has 0 bridgehead atoms. The topological polar surface area (TPSA) is 29.3 Å². The first kappa shape index (κ1) is 14.7. The minimum atomic E-state index is 0.636. The van der Waals surface area contributed by atoms with E-state index in [-0.39, 0.29) is 0 Å². The summed E-state index contributed by atoms with van der Waals surface area (Å²) in [6, 6.07) is 14.4. The molecular formula is C17H18Cl2N2. The molecule has 0 unspecified atom stereocenters. The number of halogens is 2. The first-order chi connectivity index (χ1) is 10.1. The molecule has 1 saturated carbocycles. The molecule has 2 N–H and O–H groups in total. The van der Waals surface area contributed by atoms with Gasteiger partial charge >= 0.3 is 0 Å². The first-order valence-electron chi connectivity index (χ1n) is 7.15. The summed E-state index contributed by atoms with van der Waals surface area (Å²) in [6.45, 7) is 1.69. The van der Waals surface area contributed by atoms with Crippen LogP contribution in [0.3, 0.4) is 0 Å². The van der Waals surface area contributed by atoms with Crippen LogP contribution in [0.2, 0.25) is 10.0 Å². The highest BCUT2D eigenvalue weighted by molar-refractivity contribution is 6.35. The van der Waals surface area contributed by atoms with Crippen molar-refractivity contribution in [1.82, 2.24) is 4.90 Å². The van der Waals surface area contributed by atoms with Crippen molar-refractivity contribution >= 4 is 28.9 Å². The number of hydrogen-bond acceptors (Lipinski definition) is 2. The summed E-state index contributed by atoms with van der Waals surface area (Å²) in [6.07, 6.45) is 2.50. The summed E-state index contributed by atoms with van der Waals surface area (Å²) in [5, 5.41) is 1.41. The lowest BCUT2D eigenvalue weighted by Crippen LogP contribution is -2.25. The molecule has 1 aliphatic carbocycles. The Morgan fingerprint density at radius 3 is 2.38 bits per heavy atom. The molecule has 0 aromatic heterocycles. The van der Waals surface area contributed by atoms with E-state index in [0.717, 1.165) is 29.4 Å². The molecule has 2 nitrogen and oxygen atoms in total. The smallest absolute Gasteiger partial charge is 0.0465 e. The van der Waals surface area contributed by atoms with E-state index in [1.54, 1.807) is 6.07 Å². The highest BCUT2D eigenvalue weighted by Crippen LogP contribution is 2.32. The average Bonchev–Trinajstić information content (AvgIpc) is 3.27. The Morgan fingerprint density at radius 2 is 1.71 bits per heavy atom. The monoisotopic (exact) mass is 320 g/mol. The predicted octanol–water partition coefficient (Wildman–Crippen LogP) is 4.74. The SMILES string of the molecule is Nc1ccccc1CN(Cc1ccc(Cl)cc1Cl)C1CC1. The Hall–Kier alpha value is -1.22. The Morgan fingerprint density at radius 1 is 1.00 bits per heavy atom. The molecular weight excluding hydrogens is 303 g/mol. The van der Waals surface area contributed by atoms with Gasteiger partial charge in [0.15, 0.2) is 0 Å². The third kappa shape index (κ3) is 3.70. The van der Waals surface area contributed by atoms with Crippen LogP contribution >= 0.6 is 23.2 Å². The quantitative estimate of drug-likeness (QED) is 0.806. The Bertz CT molecular complexity index is 638. The van der Waals surface area contributed by atoms with Crippen molar-refractivity contribution in [2.24, 2.45) is 0 Å². The number of hydrogen-bond donors (Lipinski definition) is 1. The molecule has 0 heterocycles. The highest BCUT2D eigenvalue weighted by Gasteiger charge is 2.29. The average molecular weight is 321 g/mol. The fraction of sp³-hybridized carbons (Fsp3) is 0.294. The summed E-state index contributed by atoms with van der Waals surface area (Å²) >= 11 is 12.3. The van der Waals surface area contributed by atoms with Gasteiger partial charge in [0.25, 0.3) is 0 Å². The Labute approximate surface area is 135 Å². The van der Waals surface area contributed by atoms with Crippen LogP contribution in [0.1, 0.15) is 24.0 Å². The summed E-state index contributed by atoms with van der Waals surface area (Å²) in [5.41, 5.74) is 9.20. The summed E-state index contributed by atoms with van der Waals surface area (Å²) in [5.74, 6) is 0. The van der Waals surface area contributed by atoms with Gasteiger partial charge in [-0.2, -0.15) is 0 Å². The normalized spacial score (nSPS) is 14.6. The van der Waals surface area contributed by atoms with Crippen LogP contribution in [0.15, 0.2) is 42.5 Å². The van der Waals surface area contributed by atoms with E-state index in [4.69, 9.17) is 28.9 Å². The molecule has 4 heteroatoms. The molecule has 110 valence electrons. The van der Waals surface area contributed by atoms with E-state index in [0.29, 0.717) is 11.1 Å². The van der Waals surface area contributed by atoms with Crippen molar-refractivity contribution in [1.29, 1.82) is 0 Å². The zero-order valence-corrected chi connectivity index (χ0v) is 13.2. The second kappa shape index (κ2) is 6.27. The minimum absolute atomic E-state index is 0.636. The van der Waals surface area contributed by atoms with Crippen molar-refractivity contribution in [2.75, 3.05) is 5.73 Å². The largest absolute Gasteiger partial charge is 0.398 e. The van der Waals surface area contributed by atoms with Crippen molar-refractivity contribution in [3.63, 3.8) is 0 Å². The van der Waals surface area contributed by atoms with Crippen LogP contribution in [-0.2, 0) is 13.1 Å². The van der Waals surface area contributed by atoms with E-state index >= 15 is 0 Å². The van der Waals surface area contributed by atoms with Gasteiger partial charge in [-0.15, -0.1) is 0 Å². The number of anilines is 1. The molecule has 0 radical (unpaired) electrons. The van der Waals surface area contributed by atoms with E-state index in [1.165, 1.54) is 18.4 Å². The van der Waals surface area contributed by atoms with Gasteiger partial charge < -0.3 is 5.73 Å². The summed E-state index contributed by atoms with van der Waals surface area (Å²) in [4.78, 5) is 2.45. The number of nitrogens with two attached hydrogens (primary N) is 1. The Balaban J connectivity index is 1.78. The third-order valence-corrected chi connectivity index (χ3v) is 4.47. The number of benzene rings is 2. The maximum absolute atomic E-state index is 6.30. The van der Waals surface area contributed by atoms with Crippen LogP contribution in [-0.4, -0.2) is 10.9 Å². The summed E-state index contributed by atoms with van der Waals surface area (Å²) in [7, 11) is 0. The molecule has 3 rings (SSSR count). The van der Waals surface area contributed by atoms with E-state index in [2.05, 4.69) is 11.0 Å². The maximum Gasteiger partial charge on any atom is 0.0465 e. The molecule has 2 aromatic rings. The lowest BCUT2D eigenvalue weighted by Gasteiger charge is -2.23. The zero-order chi connectivity index (χ0) is 14.8. The Kier molecular flexibility index (Phi) is 4.39. The number of nitrogens with zero attached hydrogens (tertiary/aromatic N) is 1. The van der Waals surface area contributed by atoms with Gasteiger partial charge in [-0.1, -0.05) is 47.5 Å². The van der Waals surface area contributed by atoms with Gasteiger partial charge in [0.05, 0.1) is 0 Å². The summed E-state index contributed by atoms with van der Waals surface area (Å²) < 4.78 is 0. The lowest BCUT2D eigenvalue weighted by molar-refractivity contribution is 0.246. The molecule has 0 spiro atoms.